The molecular formula is C19H35N5S. The quantitative estimate of drug-likeness (QED) is 0.422. The van der Waals surface area contributed by atoms with Crippen LogP contribution in [0.1, 0.15) is 37.5 Å². The van der Waals surface area contributed by atoms with Gasteiger partial charge in [-0.05, 0) is 57.9 Å². The summed E-state index contributed by atoms with van der Waals surface area (Å²) in [6.45, 7) is 13.1. The summed E-state index contributed by atoms with van der Waals surface area (Å²) >= 11 is 1.82. The highest BCUT2D eigenvalue weighted by Gasteiger charge is 2.11. The molecule has 2 N–H and O–H groups in total. The van der Waals surface area contributed by atoms with Crippen LogP contribution in [0.5, 0.6) is 0 Å². The normalized spacial score (nSPS) is 18.8. The van der Waals surface area contributed by atoms with Crippen LogP contribution in [-0.2, 0) is 0 Å². The van der Waals surface area contributed by atoms with Gasteiger partial charge in [0.05, 0.1) is 6.54 Å². The zero-order valence-electron chi connectivity index (χ0n) is 16.1. The SMILES string of the molecule is CCNC(=NCC(C)c1cccs1)NCCCN1CCCN(C)CC1. The molecule has 25 heavy (non-hydrogen) atoms. The Morgan fingerprint density at radius 3 is 2.92 bits per heavy atom. The highest BCUT2D eigenvalue weighted by atomic mass is 32.1. The van der Waals surface area contributed by atoms with Crippen LogP contribution in [0.2, 0.25) is 0 Å². The van der Waals surface area contributed by atoms with E-state index in [9.17, 15) is 0 Å². The van der Waals surface area contributed by atoms with Crippen molar-refractivity contribution in [2.75, 3.05) is 59.4 Å². The first-order chi connectivity index (χ1) is 12.2. The van der Waals surface area contributed by atoms with Crippen LogP contribution in [0, 0.1) is 0 Å². The van der Waals surface area contributed by atoms with Crippen molar-refractivity contribution in [1.29, 1.82) is 0 Å². The summed E-state index contributed by atoms with van der Waals surface area (Å²) in [7, 11) is 2.22. The fourth-order valence-electron chi connectivity index (χ4n) is 3.06. The molecule has 0 radical (unpaired) electrons. The van der Waals surface area contributed by atoms with Gasteiger partial charge in [-0.3, -0.25) is 4.99 Å². The van der Waals surface area contributed by atoms with Gasteiger partial charge in [-0.25, -0.2) is 0 Å². The van der Waals surface area contributed by atoms with Gasteiger partial charge in [0.15, 0.2) is 5.96 Å². The summed E-state index contributed by atoms with van der Waals surface area (Å²) in [6.07, 6.45) is 2.45. The van der Waals surface area contributed by atoms with Crippen molar-refractivity contribution in [1.82, 2.24) is 20.4 Å². The van der Waals surface area contributed by atoms with E-state index in [0.29, 0.717) is 5.92 Å². The molecule has 1 fully saturated rings. The van der Waals surface area contributed by atoms with Crippen LogP contribution in [0.25, 0.3) is 0 Å². The van der Waals surface area contributed by atoms with E-state index >= 15 is 0 Å². The number of hydrogen-bond donors (Lipinski definition) is 2. The Morgan fingerprint density at radius 1 is 1.28 bits per heavy atom. The Bertz CT molecular complexity index is 488. The van der Waals surface area contributed by atoms with Crippen molar-refractivity contribution in [2.45, 2.75) is 32.6 Å². The molecule has 1 aliphatic rings. The summed E-state index contributed by atoms with van der Waals surface area (Å²) in [4.78, 5) is 11.2. The van der Waals surface area contributed by atoms with Gasteiger partial charge in [0.1, 0.15) is 0 Å². The number of likely N-dealkylation sites (N-methyl/N-ethyl adjacent to an activating group) is 1. The third kappa shape index (κ3) is 7.75. The Hall–Kier alpha value is -1.11. The van der Waals surface area contributed by atoms with Crippen molar-refractivity contribution in [2.24, 2.45) is 4.99 Å². The minimum atomic E-state index is 0.476. The molecule has 1 atom stereocenters. The van der Waals surface area contributed by atoms with E-state index in [2.05, 4.69) is 58.8 Å². The lowest BCUT2D eigenvalue weighted by Gasteiger charge is -2.20. The number of rotatable bonds is 8. The predicted molar refractivity (Wildman–Crippen MR) is 110 cm³/mol. The predicted octanol–water partition coefficient (Wildman–Crippen LogP) is 2.43. The molecule has 1 aromatic rings. The molecule has 1 saturated heterocycles. The topological polar surface area (TPSA) is 42.9 Å². The zero-order valence-corrected chi connectivity index (χ0v) is 16.9. The smallest absolute Gasteiger partial charge is 0.191 e. The number of guanidine groups is 1. The maximum Gasteiger partial charge on any atom is 0.191 e. The fourth-order valence-corrected chi connectivity index (χ4v) is 3.84. The number of aliphatic imine (C=N–C) groups is 1. The van der Waals surface area contributed by atoms with Gasteiger partial charge in [-0.1, -0.05) is 13.0 Å². The molecule has 0 aromatic carbocycles. The monoisotopic (exact) mass is 365 g/mol. The van der Waals surface area contributed by atoms with Gasteiger partial charge in [0.25, 0.3) is 0 Å². The minimum absolute atomic E-state index is 0.476. The number of nitrogens with zero attached hydrogens (tertiary/aromatic N) is 3. The van der Waals surface area contributed by atoms with Crippen molar-refractivity contribution in [3.05, 3.63) is 22.4 Å². The highest BCUT2D eigenvalue weighted by Crippen LogP contribution is 2.20. The number of thiophene rings is 1. The standard InChI is InChI=1S/C19H35N5S/c1-4-20-19(22-16-17(2)18-8-5-15-25-18)21-9-6-11-24-12-7-10-23(3)13-14-24/h5,8,15,17H,4,6-7,9-14,16H2,1-3H3,(H2,20,21,22). The van der Waals surface area contributed by atoms with Crippen LogP contribution in [0.15, 0.2) is 22.5 Å². The summed E-state index contributed by atoms with van der Waals surface area (Å²) in [6, 6.07) is 4.31. The van der Waals surface area contributed by atoms with Gasteiger partial charge in [-0.2, -0.15) is 0 Å². The van der Waals surface area contributed by atoms with E-state index in [0.717, 1.165) is 32.0 Å². The molecule has 0 saturated carbocycles. The van der Waals surface area contributed by atoms with E-state index in [1.54, 1.807) is 0 Å². The molecule has 0 amide bonds. The summed E-state index contributed by atoms with van der Waals surface area (Å²) in [5.74, 6) is 1.42. The average Bonchev–Trinajstić information content (AvgIpc) is 3.07. The molecular weight excluding hydrogens is 330 g/mol. The number of hydrogen-bond acceptors (Lipinski definition) is 4. The van der Waals surface area contributed by atoms with E-state index in [4.69, 9.17) is 4.99 Å². The van der Waals surface area contributed by atoms with Crippen molar-refractivity contribution in [3.8, 4) is 0 Å². The largest absolute Gasteiger partial charge is 0.357 e. The molecule has 0 spiro atoms. The van der Waals surface area contributed by atoms with Crippen LogP contribution in [0.3, 0.4) is 0 Å². The van der Waals surface area contributed by atoms with Gasteiger partial charge in [-0.15, -0.1) is 11.3 Å². The number of nitrogens with one attached hydrogen (secondary N) is 2. The first-order valence-corrected chi connectivity index (χ1v) is 10.5. The van der Waals surface area contributed by atoms with Crippen LogP contribution in [0.4, 0.5) is 0 Å². The van der Waals surface area contributed by atoms with Crippen LogP contribution >= 0.6 is 11.3 Å². The van der Waals surface area contributed by atoms with Crippen molar-refractivity contribution in [3.63, 3.8) is 0 Å². The van der Waals surface area contributed by atoms with Gasteiger partial charge < -0.3 is 20.4 Å². The molecule has 0 aliphatic carbocycles. The minimum Gasteiger partial charge on any atom is -0.357 e. The van der Waals surface area contributed by atoms with E-state index in [1.807, 2.05) is 11.3 Å². The summed E-state index contributed by atoms with van der Waals surface area (Å²) in [5, 5.41) is 8.99. The first kappa shape index (κ1) is 20.2. The molecule has 2 heterocycles. The molecule has 0 bridgehead atoms. The molecule has 142 valence electrons. The Morgan fingerprint density at radius 2 is 2.16 bits per heavy atom. The van der Waals surface area contributed by atoms with Gasteiger partial charge in [0.2, 0.25) is 0 Å². The lowest BCUT2D eigenvalue weighted by molar-refractivity contribution is 0.274. The average molecular weight is 366 g/mol. The van der Waals surface area contributed by atoms with Gasteiger partial charge >= 0.3 is 0 Å². The van der Waals surface area contributed by atoms with E-state index in [-0.39, 0.29) is 0 Å². The fraction of sp³-hybridized carbons (Fsp3) is 0.737. The molecule has 5 nitrogen and oxygen atoms in total. The Labute approximate surface area is 157 Å². The second-order valence-corrected chi connectivity index (χ2v) is 7.89. The third-order valence-corrected chi connectivity index (χ3v) is 5.76. The zero-order chi connectivity index (χ0) is 17.9. The Balaban J connectivity index is 1.68. The molecule has 2 rings (SSSR count). The molecule has 1 aromatic heterocycles. The maximum absolute atomic E-state index is 4.76. The lowest BCUT2D eigenvalue weighted by Crippen LogP contribution is -2.39. The van der Waals surface area contributed by atoms with Crippen LogP contribution in [-0.4, -0.2) is 75.2 Å². The second-order valence-electron chi connectivity index (χ2n) is 6.91. The Kier molecular flexibility index (Phi) is 9.29. The van der Waals surface area contributed by atoms with Crippen molar-refractivity contribution >= 4 is 17.3 Å². The third-order valence-electron chi connectivity index (χ3n) is 4.65. The van der Waals surface area contributed by atoms with Gasteiger partial charge in [0, 0.05) is 37.0 Å². The summed E-state index contributed by atoms with van der Waals surface area (Å²) in [5.41, 5.74) is 0. The first-order valence-electron chi connectivity index (χ1n) is 9.65. The van der Waals surface area contributed by atoms with Crippen LogP contribution < -0.4 is 10.6 Å². The van der Waals surface area contributed by atoms with E-state index in [1.165, 1.54) is 44.0 Å². The maximum atomic E-state index is 4.76. The molecule has 1 aliphatic heterocycles. The highest BCUT2D eigenvalue weighted by molar-refractivity contribution is 7.10. The second kappa shape index (κ2) is 11.5. The summed E-state index contributed by atoms with van der Waals surface area (Å²) < 4.78 is 0. The molecule has 6 heteroatoms. The molecule has 1 unspecified atom stereocenters. The van der Waals surface area contributed by atoms with E-state index < -0.39 is 0 Å². The van der Waals surface area contributed by atoms with Crippen molar-refractivity contribution < 1.29 is 0 Å². The lowest BCUT2D eigenvalue weighted by atomic mass is 10.1.